The number of pyridine rings is 1. The number of hydrogen-bond acceptors (Lipinski definition) is 6. The summed E-state index contributed by atoms with van der Waals surface area (Å²) in [5, 5.41) is 0.190. The molecule has 5 rings (SSSR count). The second-order valence-corrected chi connectivity index (χ2v) is 9.92. The zero-order valence-electron chi connectivity index (χ0n) is 22.5. The Balaban J connectivity index is 1.61. The lowest BCUT2D eigenvalue weighted by Crippen LogP contribution is -2.44. The molecule has 0 unspecified atom stereocenters. The Morgan fingerprint density at radius 1 is 1.07 bits per heavy atom. The molecule has 41 heavy (non-hydrogen) atoms. The van der Waals surface area contributed by atoms with Crippen LogP contribution in [0.5, 0.6) is 11.5 Å². The summed E-state index contributed by atoms with van der Waals surface area (Å²) in [6.45, 7) is -1.13. The molecule has 11 heteroatoms. The molecule has 0 spiro atoms. The Kier molecular flexibility index (Phi) is 8.42. The standard InChI is InChI=1S/C30H30F2N4O5/c1-40-28-13-20(4-6-25(28)21-3-2-10-33-17-21)18-35-29(38)26-14-23(41-24(15-31)16-32)5-7-27(26)36(30(35)39)22-8-11-34(19-37)12-9-22/h2-7,10,13-14,17,19,22,24H,8-9,11-12,15-16,18H2,1H3. The van der Waals surface area contributed by atoms with Crippen molar-refractivity contribution in [1.82, 2.24) is 19.0 Å². The summed E-state index contributed by atoms with van der Waals surface area (Å²) in [5.41, 5.74) is 1.69. The van der Waals surface area contributed by atoms with Crippen molar-refractivity contribution in [3.05, 3.63) is 87.3 Å². The maximum absolute atomic E-state index is 13.9. The van der Waals surface area contributed by atoms with Crippen LogP contribution >= 0.6 is 0 Å². The predicted octanol–water partition coefficient (Wildman–Crippen LogP) is 3.76. The number of benzene rings is 2. The molecule has 1 saturated heterocycles. The van der Waals surface area contributed by atoms with Crippen LogP contribution in [0.2, 0.25) is 0 Å². The molecule has 9 nitrogen and oxygen atoms in total. The highest BCUT2D eigenvalue weighted by atomic mass is 19.1. The zero-order valence-corrected chi connectivity index (χ0v) is 22.5. The maximum atomic E-state index is 13.9. The number of nitrogens with zero attached hydrogens (tertiary/aromatic N) is 4. The number of carbonyl (C=O) groups excluding carboxylic acids is 1. The van der Waals surface area contributed by atoms with Gasteiger partial charge < -0.3 is 14.4 Å². The number of ether oxygens (including phenoxy) is 2. The molecular formula is C30H30F2N4O5. The van der Waals surface area contributed by atoms with E-state index in [2.05, 4.69) is 4.98 Å². The van der Waals surface area contributed by atoms with Crippen molar-refractivity contribution in [1.29, 1.82) is 0 Å². The van der Waals surface area contributed by atoms with Crippen LogP contribution in [0, 0.1) is 0 Å². The number of aromatic nitrogens is 3. The predicted molar refractivity (Wildman–Crippen MR) is 150 cm³/mol. The highest BCUT2D eigenvalue weighted by Crippen LogP contribution is 2.31. The summed E-state index contributed by atoms with van der Waals surface area (Å²) < 4.78 is 40.1. The molecule has 3 heterocycles. The molecule has 4 aromatic rings. The van der Waals surface area contributed by atoms with Crippen molar-refractivity contribution in [3.63, 3.8) is 0 Å². The first kappa shape index (κ1) is 28.0. The highest BCUT2D eigenvalue weighted by Gasteiger charge is 2.25. The molecule has 1 aliphatic rings. The summed E-state index contributed by atoms with van der Waals surface area (Å²) >= 11 is 0. The van der Waals surface area contributed by atoms with Crippen molar-refractivity contribution < 1.29 is 23.0 Å². The Morgan fingerprint density at radius 2 is 1.85 bits per heavy atom. The monoisotopic (exact) mass is 564 g/mol. The number of alkyl halides is 2. The molecule has 1 aliphatic heterocycles. The minimum atomic E-state index is -1.29. The topological polar surface area (TPSA) is 95.7 Å². The molecule has 0 saturated carbocycles. The fourth-order valence-corrected chi connectivity index (χ4v) is 5.25. The first-order valence-corrected chi connectivity index (χ1v) is 13.3. The van der Waals surface area contributed by atoms with Gasteiger partial charge in [-0.25, -0.2) is 13.6 Å². The van der Waals surface area contributed by atoms with Crippen LogP contribution in [-0.2, 0) is 11.3 Å². The van der Waals surface area contributed by atoms with Gasteiger partial charge in [-0.15, -0.1) is 0 Å². The van der Waals surface area contributed by atoms with Crippen LogP contribution < -0.4 is 20.7 Å². The van der Waals surface area contributed by atoms with Crippen molar-refractivity contribution in [3.8, 4) is 22.6 Å². The first-order valence-electron chi connectivity index (χ1n) is 13.3. The number of hydrogen-bond donors (Lipinski definition) is 0. The van der Waals surface area contributed by atoms with Crippen LogP contribution in [0.15, 0.2) is 70.5 Å². The molecule has 2 aromatic carbocycles. The maximum Gasteiger partial charge on any atom is 0.332 e. The molecule has 0 aliphatic carbocycles. The van der Waals surface area contributed by atoms with E-state index in [1.165, 1.54) is 12.1 Å². The number of halogens is 2. The van der Waals surface area contributed by atoms with E-state index < -0.39 is 30.7 Å². The minimum Gasteiger partial charge on any atom is -0.496 e. The fourth-order valence-electron chi connectivity index (χ4n) is 5.25. The van der Waals surface area contributed by atoms with Crippen molar-refractivity contribution in [2.24, 2.45) is 0 Å². The van der Waals surface area contributed by atoms with E-state index in [1.807, 2.05) is 24.3 Å². The van der Waals surface area contributed by atoms with E-state index in [1.54, 1.807) is 41.1 Å². The summed E-state index contributed by atoms with van der Waals surface area (Å²) in [6, 6.07) is 13.4. The lowest BCUT2D eigenvalue weighted by molar-refractivity contribution is -0.119. The van der Waals surface area contributed by atoms with Gasteiger partial charge in [0, 0.05) is 42.7 Å². The van der Waals surface area contributed by atoms with Crippen LogP contribution in [0.1, 0.15) is 24.4 Å². The Bertz CT molecular complexity index is 1650. The number of piperidine rings is 1. The van der Waals surface area contributed by atoms with E-state index in [4.69, 9.17) is 9.47 Å². The normalized spacial score (nSPS) is 14.0. The van der Waals surface area contributed by atoms with Gasteiger partial charge in [0.2, 0.25) is 6.41 Å². The molecule has 1 amide bonds. The Hall–Kier alpha value is -4.54. The third-order valence-electron chi connectivity index (χ3n) is 7.38. The number of rotatable bonds is 10. The largest absolute Gasteiger partial charge is 0.496 e. The number of carbonyl (C=O) groups is 1. The van der Waals surface area contributed by atoms with E-state index in [-0.39, 0.29) is 23.7 Å². The van der Waals surface area contributed by atoms with E-state index in [0.717, 1.165) is 22.1 Å². The molecule has 1 fully saturated rings. The van der Waals surface area contributed by atoms with Crippen molar-refractivity contribution in [2.45, 2.75) is 31.5 Å². The molecule has 0 N–H and O–H groups in total. The molecule has 0 atom stereocenters. The van der Waals surface area contributed by atoms with Gasteiger partial charge >= 0.3 is 5.69 Å². The molecule has 0 radical (unpaired) electrons. The Labute approximate surface area is 234 Å². The second-order valence-electron chi connectivity index (χ2n) is 9.92. The van der Waals surface area contributed by atoms with Gasteiger partial charge in [0.1, 0.15) is 24.8 Å². The highest BCUT2D eigenvalue weighted by molar-refractivity contribution is 5.80. The third kappa shape index (κ3) is 5.70. The van der Waals surface area contributed by atoms with Gasteiger partial charge in [-0.3, -0.25) is 23.7 Å². The lowest BCUT2D eigenvalue weighted by atomic mass is 10.0. The van der Waals surface area contributed by atoms with Crippen LogP contribution in [0.3, 0.4) is 0 Å². The molecule has 214 valence electrons. The summed E-state index contributed by atoms with van der Waals surface area (Å²) in [6.07, 6.45) is 3.95. The number of amides is 1. The lowest BCUT2D eigenvalue weighted by Gasteiger charge is -2.31. The first-order chi connectivity index (χ1) is 20.0. The summed E-state index contributed by atoms with van der Waals surface area (Å²) in [7, 11) is 1.55. The van der Waals surface area contributed by atoms with Gasteiger partial charge in [-0.05, 0) is 48.7 Å². The van der Waals surface area contributed by atoms with Crippen LogP contribution in [0.25, 0.3) is 22.0 Å². The van der Waals surface area contributed by atoms with Gasteiger partial charge in [0.25, 0.3) is 5.56 Å². The SMILES string of the molecule is COc1cc(Cn2c(=O)c3cc(OC(CF)CF)ccc3n(C3CCN(C=O)CC3)c2=O)ccc1-c1cccnc1. The van der Waals surface area contributed by atoms with Gasteiger partial charge in [-0.2, -0.15) is 0 Å². The number of likely N-dealkylation sites (tertiary alicyclic amines) is 1. The average molecular weight is 565 g/mol. The number of fused-ring (bicyclic) bond motifs is 1. The minimum absolute atomic E-state index is 0.0346. The summed E-state index contributed by atoms with van der Waals surface area (Å²) in [4.78, 5) is 44.8. The fraction of sp³-hybridized carbons (Fsp3) is 0.333. The molecular weight excluding hydrogens is 534 g/mol. The average Bonchev–Trinajstić information content (AvgIpc) is 3.02. The van der Waals surface area contributed by atoms with Gasteiger partial charge in [-0.1, -0.05) is 18.2 Å². The third-order valence-corrected chi connectivity index (χ3v) is 7.38. The molecule has 2 aromatic heterocycles. The van der Waals surface area contributed by atoms with Gasteiger partial charge in [0.15, 0.2) is 6.10 Å². The van der Waals surface area contributed by atoms with E-state index in [0.29, 0.717) is 42.8 Å². The Morgan fingerprint density at radius 3 is 2.51 bits per heavy atom. The van der Waals surface area contributed by atoms with Crippen molar-refractivity contribution in [2.75, 3.05) is 33.5 Å². The number of methoxy groups -OCH3 is 1. The van der Waals surface area contributed by atoms with E-state index in [9.17, 15) is 23.2 Å². The quantitative estimate of drug-likeness (QED) is 0.272. The van der Waals surface area contributed by atoms with E-state index >= 15 is 0 Å². The van der Waals surface area contributed by atoms with Crippen LogP contribution in [-0.4, -0.2) is 65.1 Å². The van der Waals surface area contributed by atoms with Gasteiger partial charge in [0.05, 0.1) is 24.6 Å². The molecule has 0 bridgehead atoms. The summed E-state index contributed by atoms with van der Waals surface area (Å²) in [5.74, 6) is 0.690. The smallest absolute Gasteiger partial charge is 0.332 e. The van der Waals surface area contributed by atoms with Crippen LogP contribution in [0.4, 0.5) is 8.78 Å². The second kappa shape index (κ2) is 12.3. The van der Waals surface area contributed by atoms with Crippen molar-refractivity contribution >= 4 is 17.3 Å². The zero-order chi connectivity index (χ0) is 28.9.